The van der Waals surface area contributed by atoms with Crippen LogP contribution in [0.25, 0.3) is 0 Å². The highest BCUT2D eigenvalue weighted by Crippen LogP contribution is 2.35. The summed E-state index contributed by atoms with van der Waals surface area (Å²) in [6.45, 7) is 5.19. The first-order valence-electron chi connectivity index (χ1n) is 7.98. The van der Waals surface area contributed by atoms with Crippen LogP contribution in [0, 0.1) is 0 Å². The van der Waals surface area contributed by atoms with Crippen LogP contribution in [0.2, 0.25) is 0 Å². The Balaban J connectivity index is 2.20. The van der Waals surface area contributed by atoms with Crippen LogP contribution in [0.1, 0.15) is 62.7 Å². The van der Waals surface area contributed by atoms with E-state index in [4.69, 9.17) is 9.47 Å². The molecule has 2 rings (SSSR count). The van der Waals surface area contributed by atoms with Crippen molar-refractivity contribution in [2.24, 2.45) is 0 Å². The van der Waals surface area contributed by atoms with Crippen molar-refractivity contribution in [3.63, 3.8) is 0 Å². The van der Waals surface area contributed by atoms with Gasteiger partial charge in [0, 0.05) is 18.4 Å². The zero-order valence-corrected chi connectivity index (χ0v) is 13.1. The van der Waals surface area contributed by atoms with Gasteiger partial charge < -0.3 is 9.47 Å². The van der Waals surface area contributed by atoms with Crippen LogP contribution in [0.4, 0.5) is 0 Å². The molecule has 0 spiro atoms. The predicted molar refractivity (Wildman–Crippen MR) is 81.8 cm³/mol. The van der Waals surface area contributed by atoms with Gasteiger partial charge >= 0.3 is 0 Å². The number of pyridine rings is 1. The number of hydrogen-bond donors (Lipinski definition) is 0. The highest BCUT2D eigenvalue weighted by molar-refractivity contribution is 6.02. The molecule has 0 atom stereocenters. The summed E-state index contributed by atoms with van der Waals surface area (Å²) in [5, 5.41) is 0. The summed E-state index contributed by atoms with van der Waals surface area (Å²) in [6.07, 6.45) is 9.09. The Labute approximate surface area is 126 Å². The number of carbonyl (C=O) groups is 1. The third-order valence-electron chi connectivity index (χ3n) is 3.94. The minimum absolute atomic E-state index is 0.0542. The van der Waals surface area contributed by atoms with Gasteiger partial charge in [-0.3, -0.25) is 9.78 Å². The molecule has 0 aromatic carbocycles. The highest BCUT2D eigenvalue weighted by atomic mass is 16.5. The number of nitrogens with zero attached hydrogens (tertiary/aromatic N) is 1. The molecule has 1 fully saturated rings. The van der Waals surface area contributed by atoms with Crippen molar-refractivity contribution in [1.82, 2.24) is 4.98 Å². The van der Waals surface area contributed by atoms with Gasteiger partial charge in [0.25, 0.3) is 0 Å². The Morgan fingerprint density at radius 2 is 2.00 bits per heavy atom. The molecule has 0 saturated heterocycles. The Kier molecular flexibility index (Phi) is 5.74. The third kappa shape index (κ3) is 3.82. The second-order valence-corrected chi connectivity index (χ2v) is 5.57. The predicted octanol–water partition coefficient (Wildman–Crippen LogP) is 3.79. The number of ketones is 1. The van der Waals surface area contributed by atoms with Gasteiger partial charge in [0.05, 0.1) is 12.8 Å². The van der Waals surface area contributed by atoms with Crippen molar-refractivity contribution < 1.29 is 14.3 Å². The monoisotopic (exact) mass is 291 g/mol. The number of aromatic nitrogens is 1. The number of Topliss-reactive ketones (excluding diaryl/α,β-unsaturated/α-hetero) is 1. The lowest BCUT2D eigenvalue weighted by Crippen LogP contribution is -2.43. The maximum absolute atomic E-state index is 12.9. The molecule has 1 saturated carbocycles. The molecule has 21 heavy (non-hydrogen) atoms. The topological polar surface area (TPSA) is 48.4 Å². The quantitative estimate of drug-likeness (QED) is 0.717. The van der Waals surface area contributed by atoms with E-state index in [9.17, 15) is 4.79 Å². The smallest absolute Gasteiger partial charge is 0.196 e. The van der Waals surface area contributed by atoms with E-state index in [2.05, 4.69) is 11.9 Å². The average Bonchev–Trinajstić information content (AvgIpc) is 2.53. The summed E-state index contributed by atoms with van der Waals surface area (Å²) < 4.78 is 11.5. The van der Waals surface area contributed by atoms with Gasteiger partial charge in [0.2, 0.25) is 0 Å². The van der Waals surface area contributed by atoms with Crippen molar-refractivity contribution in [1.29, 1.82) is 0 Å². The van der Waals surface area contributed by atoms with Crippen LogP contribution in [-0.4, -0.2) is 29.6 Å². The number of hydrogen-bond acceptors (Lipinski definition) is 4. The summed E-state index contributed by atoms with van der Waals surface area (Å²) >= 11 is 0. The van der Waals surface area contributed by atoms with Crippen molar-refractivity contribution >= 4 is 5.78 Å². The van der Waals surface area contributed by atoms with E-state index < -0.39 is 5.60 Å². The minimum Gasteiger partial charge on any atom is -0.492 e. The second kappa shape index (κ2) is 7.55. The molecule has 1 aromatic rings. The Morgan fingerprint density at radius 3 is 2.67 bits per heavy atom. The molecule has 0 radical (unpaired) electrons. The molecule has 0 N–H and O–H groups in total. The molecule has 0 amide bonds. The fourth-order valence-electron chi connectivity index (χ4n) is 2.94. The number of rotatable bonds is 7. The van der Waals surface area contributed by atoms with Crippen LogP contribution in [-0.2, 0) is 4.74 Å². The van der Waals surface area contributed by atoms with E-state index in [1.54, 1.807) is 18.5 Å². The largest absolute Gasteiger partial charge is 0.492 e. The zero-order valence-electron chi connectivity index (χ0n) is 13.1. The maximum atomic E-state index is 12.9. The van der Waals surface area contributed by atoms with Crippen LogP contribution in [0.3, 0.4) is 0 Å². The molecule has 4 nitrogen and oxygen atoms in total. The highest BCUT2D eigenvalue weighted by Gasteiger charge is 2.40. The van der Waals surface area contributed by atoms with Crippen molar-refractivity contribution in [2.75, 3.05) is 13.2 Å². The lowest BCUT2D eigenvalue weighted by Gasteiger charge is -2.35. The van der Waals surface area contributed by atoms with E-state index in [0.29, 0.717) is 24.5 Å². The summed E-state index contributed by atoms with van der Waals surface area (Å²) in [5.74, 6) is 0.712. The second-order valence-electron chi connectivity index (χ2n) is 5.57. The fraction of sp³-hybridized carbons (Fsp3) is 0.647. The minimum atomic E-state index is -0.655. The van der Waals surface area contributed by atoms with Crippen LogP contribution in [0.5, 0.6) is 5.75 Å². The lowest BCUT2D eigenvalue weighted by atomic mass is 9.79. The first kappa shape index (κ1) is 16.0. The molecule has 1 aliphatic carbocycles. The number of carbonyl (C=O) groups excluding carboxylic acids is 1. The van der Waals surface area contributed by atoms with E-state index in [0.717, 1.165) is 32.1 Å². The first-order chi connectivity index (χ1) is 10.2. The normalized spacial score (nSPS) is 17.4. The number of ether oxygens (including phenoxy) is 2. The van der Waals surface area contributed by atoms with Gasteiger partial charge in [-0.05, 0) is 32.3 Å². The summed E-state index contributed by atoms with van der Waals surface area (Å²) in [6, 6.07) is 1.79. The first-order valence-corrected chi connectivity index (χ1v) is 7.98. The van der Waals surface area contributed by atoms with Crippen molar-refractivity contribution in [3.05, 3.63) is 24.0 Å². The summed E-state index contributed by atoms with van der Waals surface area (Å²) in [7, 11) is 0. The van der Waals surface area contributed by atoms with Gasteiger partial charge in [-0.15, -0.1) is 0 Å². The van der Waals surface area contributed by atoms with Crippen molar-refractivity contribution in [3.8, 4) is 5.75 Å². The summed E-state index contributed by atoms with van der Waals surface area (Å²) in [5.41, 5.74) is -0.0584. The van der Waals surface area contributed by atoms with Crippen molar-refractivity contribution in [2.45, 2.75) is 58.0 Å². The Morgan fingerprint density at radius 1 is 1.24 bits per heavy atom. The van der Waals surface area contributed by atoms with Crippen LogP contribution in [0.15, 0.2) is 18.5 Å². The Hall–Kier alpha value is -1.42. The molecule has 4 heteroatoms. The van der Waals surface area contributed by atoms with Crippen LogP contribution >= 0.6 is 0 Å². The molecular weight excluding hydrogens is 266 g/mol. The molecule has 1 aliphatic rings. The molecule has 116 valence electrons. The molecule has 0 unspecified atom stereocenters. The van der Waals surface area contributed by atoms with Gasteiger partial charge in [0.1, 0.15) is 11.4 Å². The SMILES string of the molecule is CCCOc1cncc(C(=O)C2(OCC)CCCCC2)c1. The fourth-order valence-corrected chi connectivity index (χ4v) is 2.94. The molecule has 0 aliphatic heterocycles. The van der Waals surface area contributed by atoms with Gasteiger partial charge in [-0.1, -0.05) is 26.2 Å². The van der Waals surface area contributed by atoms with E-state index in [-0.39, 0.29) is 5.78 Å². The third-order valence-corrected chi connectivity index (χ3v) is 3.94. The molecular formula is C17H25NO3. The lowest BCUT2D eigenvalue weighted by molar-refractivity contribution is -0.0411. The maximum Gasteiger partial charge on any atom is 0.196 e. The molecule has 1 heterocycles. The van der Waals surface area contributed by atoms with Gasteiger partial charge in [-0.25, -0.2) is 0 Å². The van der Waals surface area contributed by atoms with E-state index in [1.165, 1.54) is 6.42 Å². The van der Waals surface area contributed by atoms with Crippen LogP contribution < -0.4 is 4.74 Å². The van der Waals surface area contributed by atoms with Gasteiger partial charge in [0.15, 0.2) is 5.78 Å². The van der Waals surface area contributed by atoms with E-state index >= 15 is 0 Å². The average molecular weight is 291 g/mol. The zero-order chi connectivity index (χ0) is 15.1. The summed E-state index contributed by atoms with van der Waals surface area (Å²) in [4.78, 5) is 17.1. The van der Waals surface area contributed by atoms with Gasteiger partial charge in [-0.2, -0.15) is 0 Å². The molecule has 1 aromatic heterocycles. The van der Waals surface area contributed by atoms with E-state index in [1.807, 2.05) is 6.92 Å². The molecule has 0 bridgehead atoms. The Bertz CT molecular complexity index is 461. The standard InChI is InChI=1S/C17H25NO3/c1-3-10-20-15-11-14(12-18-13-15)16(19)17(21-4-2)8-6-5-7-9-17/h11-13H,3-10H2,1-2H3.